The molecule has 0 bridgehead atoms. The molecule has 0 amide bonds. The molecule has 4 nitrogen and oxygen atoms in total. The second kappa shape index (κ2) is 11.8. The number of aliphatic carboxylic acids is 1. The molecule has 0 aliphatic heterocycles. The Hall–Kier alpha value is -1.68. The molecule has 24 heavy (non-hydrogen) atoms. The van der Waals surface area contributed by atoms with Crippen LogP contribution < -0.4 is 0 Å². The topological polar surface area (TPSA) is 74.6 Å². The van der Waals surface area contributed by atoms with Gasteiger partial charge in [-0.15, -0.1) is 0 Å². The van der Waals surface area contributed by atoms with Gasteiger partial charge in [0, 0.05) is 12.3 Å². The summed E-state index contributed by atoms with van der Waals surface area (Å²) in [6.45, 7) is 2.13. The molecule has 0 unspecified atom stereocenters. The molecule has 0 aromatic heterocycles. The molecule has 3 atom stereocenters. The summed E-state index contributed by atoms with van der Waals surface area (Å²) in [7, 11) is 0. The third kappa shape index (κ3) is 8.25. The number of hydrogen-bond acceptors (Lipinski definition) is 3. The Morgan fingerprint density at radius 2 is 2.08 bits per heavy atom. The van der Waals surface area contributed by atoms with Crippen LogP contribution in [0.15, 0.2) is 36.5 Å². The number of carbonyl (C=O) groups excluding carboxylic acids is 1. The molecule has 1 aliphatic rings. The molecule has 0 spiro atoms. The van der Waals surface area contributed by atoms with E-state index in [2.05, 4.69) is 6.92 Å². The van der Waals surface area contributed by atoms with Crippen LogP contribution in [0.25, 0.3) is 0 Å². The maximum Gasteiger partial charge on any atom is 0.303 e. The fourth-order valence-electron chi connectivity index (χ4n) is 2.81. The lowest BCUT2D eigenvalue weighted by Crippen LogP contribution is -2.14. The molecule has 1 rings (SSSR count). The second-order valence-electron chi connectivity index (χ2n) is 6.39. The molecule has 0 aromatic rings. The number of ketones is 1. The van der Waals surface area contributed by atoms with Gasteiger partial charge >= 0.3 is 5.97 Å². The number of carbonyl (C=O) groups is 2. The third-order valence-corrected chi connectivity index (χ3v) is 4.28. The number of aliphatic hydroxyl groups is 1. The van der Waals surface area contributed by atoms with E-state index >= 15 is 0 Å². The van der Waals surface area contributed by atoms with Gasteiger partial charge in [0.1, 0.15) is 0 Å². The summed E-state index contributed by atoms with van der Waals surface area (Å²) >= 11 is 0. The molecule has 0 aromatic carbocycles. The first kappa shape index (κ1) is 20.4. The Morgan fingerprint density at radius 3 is 2.79 bits per heavy atom. The first-order chi connectivity index (χ1) is 11.5. The molecular weight excluding hydrogens is 304 g/mol. The smallest absolute Gasteiger partial charge is 0.303 e. The van der Waals surface area contributed by atoms with Gasteiger partial charge in [-0.1, -0.05) is 56.6 Å². The molecular formula is C20H30O4. The largest absolute Gasteiger partial charge is 0.481 e. The first-order valence-corrected chi connectivity index (χ1v) is 8.99. The number of allylic oxidation sites excluding steroid dienone is 5. The van der Waals surface area contributed by atoms with E-state index in [1.54, 1.807) is 12.2 Å². The van der Waals surface area contributed by atoms with Crippen molar-refractivity contribution < 1.29 is 19.8 Å². The van der Waals surface area contributed by atoms with Gasteiger partial charge in [0.25, 0.3) is 0 Å². The van der Waals surface area contributed by atoms with Gasteiger partial charge in [0.15, 0.2) is 5.78 Å². The monoisotopic (exact) mass is 334 g/mol. The second-order valence-corrected chi connectivity index (χ2v) is 6.39. The van der Waals surface area contributed by atoms with E-state index in [0.29, 0.717) is 6.42 Å². The van der Waals surface area contributed by atoms with E-state index in [1.165, 1.54) is 0 Å². The van der Waals surface area contributed by atoms with Crippen LogP contribution in [0, 0.1) is 11.8 Å². The lowest BCUT2D eigenvalue weighted by atomic mass is 9.90. The molecule has 0 heterocycles. The van der Waals surface area contributed by atoms with Crippen molar-refractivity contribution in [3.05, 3.63) is 36.5 Å². The summed E-state index contributed by atoms with van der Waals surface area (Å²) in [6, 6.07) is 0. The highest BCUT2D eigenvalue weighted by atomic mass is 16.4. The van der Waals surface area contributed by atoms with Crippen LogP contribution in [0.4, 0.5) is 0 Å². The van der Waals surface area contributed by atoms with Crippen LogP contribution in [-0.4, -0.2) is 28.1 Å². The summed E-state index contributed by atoms with van der Waals surface area (Å²) in [4.78, 5) is 22.4. The molecule has 0 fully saturated rings. The van der Waals surface area contributed by atoms with Crippen LogP contribution in [0.1, 0.15) is 58.3 Å². The number of unbranched alkanes of at least 4 members (excludes halogenated alkanes) is 3. The van der Waals surface area contributed by atoms with Crippen LogP contribution in [0.5, 0.6) is 0 Å². The fraction of sp³-hybridized carbons (Fsp3) is 0.600. The predicted molar refractivity (Wildman–Crippen MR) is 95.7 cm³/mol. The van der Waals surface area contributed by atoms with Crippen molar-refractivity contribution in [2.45, 2.75) is 64.4 Å². The minimum Gasteiger partial charge on any atom is -0.481 e. The molecule has 134 valence electrons. The normalized spacial score (nSPS) is 22.0. The Labute approximate surface area is 145 Å². The minimum absolute atomic E-state index is 0.0938. The van der Waals surface area contributed by atoms with Crippen molar-refractivity contribution in [2.75, 3.05) is 0 Å². The van der Waals surface area contributed by atoms with Gasteiger partial charge in [-0.05, 0) is 37.7 Å². The van der Waals surface area contributed by atoms with Crippen LogP contribution >= 0.6 is 0 Å². The third-order valence-electron chi connectivity index (χ3n) is 4.28. The van der Waals surface area contributed by atoms with Crippen LogP contribution in [-0.2, 0) is 9.59 Å². The van der Waals surface area contributed by atoms with Crippen molar-refractivity contribution in [3.8, 4) is 0 Å². The molecule has 1 aliphatic carbocycles. The Kier molecular flexibility index (Phi) is 10.0. The van der Waals surface area contributed by atoms with Crippen molar-refractivity contribution in [3.63, 3.8) is 0 Å². The number of rotatable bonds is 12. The molecule has 4 heteroatoms. The average Bonchev–Trinajstić information content (AvgIpc) is 2.89. The van der Waals surface area contributed by atoms with Gasteiger partial charge in [0.05, 0.1) is 6.10 Å². The average molecular weight is 334 g/mol. The summed E-state index contributed by atoms with van der Waals surface area (Å²) < 4.78 is 0. The zero-order chi connectivity index (χ0) is 17.8. The summed E-state index contributed by atoms with van der Waals surface area (Å²) in [5.41, 5.74) is 0. The van der Waals surface area contributed by atoms with Gasteiger partial charge < -0.3 is 10.2 Å². The highest BCUT2D eigenvalue weighted by Crippen LogP contribution is 2.27. The Bertz CT molecular complexity index is 476. The number of hydrogen-bond donors (Lipinski definition) is 2. The van der Waals surface area contributed by atoms with Gasteiger partial charge in [0.2, 0.25) is 0 Å². The van der Waals surface area contributed by atoms with Crippen LogP contribution in [0.3, 0.4) is 0 Å². The van der Waals surface area contributed by atoms with E-state index < -0.39 is 12.1 Å². The van der Waals surface area contributed by atoms with E-state index in [4.69, 9.17) is 5.11 Å². The minimum atomic E-state index is -0.768. The number of carboxylic acids is 1. The predicted octanol–water partition coefficient (Wildman–Crippen LogP) is 4.06. The lowest BCUT2D eigenvalue weighted by molar-refractivity contribution is -0.137. The maximum atomic E-state index is 12.0. The number of carboxylic acid groups (broad SMARTS) is 1. The van der Waals surface area contributed by atoms with Crippen molar-refractivity contribution in [2.24, 2.45) is 11.8 Å². The first-order valence-electron chi connectivity index (χ1n) is 8.99. The summed E-state index contributed by atoms with van der Waals surface area (Å²) in [6.07, 6.45) is 17.0. The molecule has 0 saturated heterocycles. The molecule has 0 saturated carbocycles. The van der Waals surface area contributed by atoms with Crippen molar-refractivity contribution in [1.29, 1.82) is 0 Å². The number of aliphatic hydroxyl groups excluding tert-OH is 1. The van der Waals surface area contributed by atoms with Gasteiger partial charge in [-0.25, -0.2) is 0 Å². The van der Waals surface area contributed by atoms with Crippen molar-refractivity contribution in [1.82, 2.24) is 0 Å². The summed E-state index contributed by atoms with van der Waals surface area (Å²) in [5, 5.41) is 18.5. The zero-order valence-corrected chi connectivity index (χ0v) is 14.6. The van der Waals surface area contributed by atoms with Crippen LogP contribution in [0.2, 0.25) is 0 Å². The fourth-order valence-corrected chi connectivity index (χ4v) is 2.81. The highest BCUT2D eigenvalue weighted by Gasteiger charge is 2.26. The summed E-state index contributed by atoms with van der Waals surface area (Å²) in [5.74, 6) is -0.728. The standard InChI is InChI=1S/C20H30O4/c1-2-3-6-10-17(21)13-14-18-16(12-15-19(18)22)9-7-4-5-8-11-20(23)24/h4,7,12-18,21H,2-3,5-6,8-11H2,1H3,(H,23,24)/b7-4-,14-13+/t16-,17+,18-/m0/s1. The van der Waals surface area contributed by atoms with E-state index in [9.17, 15) is 14.7 Å². The zero-order valence-electron chi connectivity index (χ0n) is 14.6. The van der Waals surface area contributed by atoms with E-state index in [0.717, 1.165) is 38.5 Å². The SMILES string of the molecule is CCCCC[C@@H](O)/C=C/[C@@H]1C(=O)C=C[C@@H]1C/C=C\CCCC(=O)O. The molecule has 0 radical (unpaired) electrons. The van der Waals surface area contributed by atoms with Gasteiger partial charge in [-0.3, -0.25) is 9.59 Å². The highest BCUT2D eigenvalue weighted by molar-refractivity contribution is 5.95. The Balaban J connectivity index is 2.38. The van der Waals surface area contributed by atoms with E-state index in [1.807, 2.05) is 24.3 Å². The van der Waals surface area contributed by atoms with E-state index in [-0.39, 0.29) is 24.0 Å². The Morgan fingerprint density at radius 1 is 1.29 bits per heavy atom. The maximum absolute atomic E-state index is 12.0. The molecule has 2 N–H and O–H groups in total. The van der Waals surface area contributed by atoms with Gasteiger partial charge in [-0.2, -0.15) is 0 Å². The lowest BCUT2D eigenvalue weighted by Gasteiger charge is -2.13. The van der Waals surface area contributed by atoms with Crippen molar-refractivity contribution >= 4 is 11.8 Å². The quantitative estimate of drug-likeness (QED) is 0.417.